The minimum atomic E-state index is 1.19. The van der Waals surface area contributed by atoms with Gasteiger partial charge in [0, 0.05) is 18.1 Å². The van der Waals surface area contributed by atoms with Crippen molar-refractivity contribution in [3.63, 3.8) is 0 Å². The van der Waals surface area contributed by atoms with Gasteiger partial charge in [-0.2, -0.15) is 0 Å². The monoisotopic (exact) mass is 318 g/mol. The van der Waals surface area contributed by atoms with Gasteiger partial charge in [0.15, 0.2) is 12.4 Å². The maximum absolute atomic E-state index is 2.40. The third kappa shape index (κ3) is 11.3. The number of aromatic nitrogens is 1. The van der Waals surface area contributed by atoms with Gasteiger partial charge in [-0.15, -0.1) is 0 Å². The average Bonchev–Trinajstić information content (AvgIpc) is 2.57. The van der Waals surface area contributed by atoms with Crippen LogP contribution in [0.5, 0.6) is 0 Å². The highest BCUT2D eigenvalue weighted by atomic mass is 14.9. The predicted octanol–water partition coefficient (Wildman–Crippen LogP) is 6.63. The molecule has 0 N–H and O–H groups in total. The molecule has 1 heterocycles. The molecule has 0 saturated heterocycles. The minimum absolute atomic E-state index is 1.19. The summed E-state index contributed by atoms with van der Waals surface area (Å²) in [6.45, 7) is 5.76. The van der Waals surface area contributed by atoms with E-state index < -0.39 is 0 Å². The summed E-state index contributed by atoms with van der Waals surface area (Å²) in [7, 11) is 0. The summed E-state index contributed by atoms with van der Waals surface area (Å²) in [4.78, 5) is 0. The number of pyridine rings is 1. The first kappa shape index (κ1) is 20.2. The predicted molar refractivity (Wildman–Crippen MR) is 102 cm³/mol. The van der Waals surface area contributed by atoms with E-state index in [0.29, 0.717) is 0 Å². The van der Waals surface area contributed by atoms with Crippen LogP contribution >= 0.6 is 0 Å². The molecule has 0 aliphatic rings. The zero-order valence-electron chi connectivity index (χ0n) is 15.9. The van der Waals surface area contributed by atoms with Crippen LogP contribution in [-0.2, 0) is 13.0 Å². The fourth-order valence-electron chi connectivity index (χ4n) is 3.22. The Labute approximate surface area is 145 Å². The minimum Gasteiger partial charge on any atom is -0.205 e. The fourth-order valence-corrected chi connectivity index (χ4v) is 3.22. The molecule has 132 valence electrons. The third-order valence-electron chi connectivity index (χ3n) is 4.76. The Balaban J connectivity index is 2.10. The van der Waals surface area contributed by atoms with Gasteiger partial charge in [0.2, 0.25) is 0 Å². The summed E-state index contributed by atoms with van der Waals surface area (Å²) in [5.74, 6) is 0. The maximum atomic E-state index is 2.40. The van der Waals surface area contributed by atoms with E-state index in [2.05, 4.69) is 42.9 Å². The molecule has 0 saturated carbocycles. The van der Waals surface area contributed by atoms with Crippen LogP contribution in [0.1, 0.15) is 103 Å². The van der Waals surface area contributed by atoms with E-state index >= 15 is 0 Å². The largest absolute Gasteiger partial charge is 0.205 e. The first-order chi connectivity index (χ1) is 11.4. The molecule has 0 spiro atoms. The van der Waals surface area contributed by atoms with E-state index in [4.69, 9.17) is 0 Å². The first-order valence-electron chi connectivity index (χ1n) is 10.3. The molecule has 0 aliphatic carbocycles. The molecular formula is C22H40N+. The van der Waals surface area contributed by atoms with E-state index in [1.165, 1.54) is 102 Å². The van der Waals surface area contributed by atoms with E-state index in [1.807, 2.05) is 0 Å². The Morgan fingerprint density at radius 3 is 1.91 bits per heavy atom. The molecule has 1 aromatic heterocycles. The van der Waals surface area contributed by atoms with Gasteiger partial charge in [0.1, 0.15) is 6.54 Å². The lowest BCUT2D eigenvalue weighted by Gasteiger charge is -2.03. The van der Waals surface area contributed by atoms with Gasteiger partial charge in [-0.1, -0.05) is 78.1 Å². The van der Waals surface area contributed by atoms with Gasteiger partial charge >= 0.3 is 0 Å². The van der Waals surface area contributed by atoms with Crippen molar-refractivity contribution in [3.8, 4) is 0 Å². The highest BCUT2D eigenvalue weighted by Crippen LogP contribution is 2.10. The molecule has 0 unspecified atom stereocenters. The van der Waals surface area contributed by atoms with E-state index in [0.717, 1.165) is 0 Å². The number of nitrogens with zero attached hydrogens (tertiary/aromatic N) is 1. The normalized spacial score (nSPS) is 11.0. The number of hydrogen-bond acceptors (Lipinski definition) is 0. The smallest absolute Gasteiger partial charge is 0.171 e. The second-order valence-electron chi connectivity index (χ2n) is 7.09. The second kappa shape index (κ2) is 14.7. The molecule has 0 fully saturated rings. The van der Waals surface area contributed by atoms with Crippen molar-refractivity contribution in [1.82, 2.24) is 0 Å². The Morgan fingerprint density at radius 2 is 1.26 bits per heavy atom. The van der Waals surface area contributed by atoms with Gasteiger partial charge in [0.25, 0.3) is 0 Å². The van der Waals surface area contributed by atoms with Gasteiger partial charge in [0.05, 0.1) is 0 Å². The van der Waals surface area contributed by atoms with Crippen molar-refractivity contribution >= 4 is 0 Å². The van der Waals surface area contributed by atoms with Crippen LogP contribution in [0.15, 0.2) is 24.5 Å². The maximum Gasteiger partial charge on any atom is 0.171 e. The summed E-state index contributed by atoms with van der Waals surface area (Å²) < 4.78 is 2.40. The van der Waals surface area contributed by atoms with Crippen LogP contribution in [0.25, 0.3) is 0 Å². The lowest BCUT2D eigenvalue weighted by molar-refractivity contribution is -0.697. The Morgan fingerprint density at radius 1 is 0.696 bits per heavy atom. The van der Waals surface area contributed by atoms with Crippen molar-refractivity contribution in [2.45, 2.75) is 110 Å². The second-order valence-corrected chi connectivity index (χ2v) is 7.09. The topological polar surface area (TPSA) is 3.88 Å². The van der Waals surface area contributed by atoms with Crippen molar-refractivity contribution in [2.24, 2.45) is 0 Å². The van der Waals surface area contributed by atoms with Crippen molar-refractivity contribution in [1.29, 1.82) is 0 Å². The highest BCUT2D eigenvalue weighted by Gasteiger charge is 2.03. The molecule has 0 atom stereocenters. The molecule has 1 heteroatoms. The fraction of sp³-hybridized carbons (Fsp3) is 0.773. The van der Waals surface area contributed by atoms with E-state index in [9.17, 15) is 0 Å². The van der Waals surface area contributed by atoms with Crippen molar-refractivity contribution in [3.05, 3.63) is 30.1 Å². The summed E-state index contributed by atoms with van der Waals surface area (Å²) in [5, 5.41) is 0. The Kier molecular flexibility index (Phi) is 12.9. The van der Waals surface area contributed by atoms with E-state index in [-0.39, 0.29) is 0 Å². The molecule has 1 aromatic rings. The molecule has 23 heavy (non-hydrogen) atoms. The van der Waals surface area contributed by atoms with Crippen LogP contribution < -0.4 is 4.57 Å². The molecule has 0 bridgehead atoms. The molecule has 0 aliphatic heterocycles. The van der Waals surface area contributed by atoms with Crippen molar-refractivity contribution in [2.75, 3.05) is 0 Å². The number of hydrogen-bond donors (Lipinski definition) is 0. The summed E-state index contributed by atoms with van der Waals surface area (Å²) in [6.07, 6.45) is 24.0. The van der Waals surface area contributed by atoms with Gasteiger partial charge in [-0.05, 0) is 25.3 Å². The van der Waals surface area contributed by atoms with E-state index in [1.54, 1.807) is 0 Å². The van der Waals surface area contributed by atoms with Crippen LogP contribution in [0.4, 0.5) is 0 Å². The van der Waals surface area contributed by atoms with Gasteiger partial charge < -0.3 is 0 Å². The molecule has 0 radical (unpaired) electrons. The van der Waals surface area contributed by atoms with Crippen LogP contribution in [-0.4, -0.2) is 0 Å². The average molecular weight is 319 g/mol. The standard InChI is InChI=1S/C22H40N/c1-3-5-7-9-11-12-14-17-22-18-16-20-23(21-22)19-15-13-10-8-6-4-2/h16,18,20-21H,3-15,17,19H2,1-2H3/q+1. The highest BCUT2D eigenvalue weighted by molar-refractivity contribution is 5.05. The number of aryl methyl sites for hydroxylation is 2. The van der Waals surface area contributed by atoms with Gasteiger partial charge in [-0.3, -0.25) is 0 Å². The number of unbranched alkanes of at least 4 members (excludes halogenated alkanes) is 11. The van der Waals surface area contributed by atoms with Crippen LogP contribution in [0.3, 0.4) is 0 Å². The Bertz CT molecular complexity index is 372. The van der Waals surface area contributed by atoms with Crippen LogP contribution in [0, 0.1) is 0 Å². The Hall–Kier alpha value is -0.850. The van der Waals surface area contributed by atoms with Crippen LogP contribution in [0.2, 0.25) is 0 Å². The molecule has 1 rings (SSSR count). The zero-order chi connectivity index (χ0) is 16.6. The van der Waals surface area contributed by atoms with Gasteiger partial charge in [-0.25, -0.2) is 4.57 Å². The molecular weight excluding hydrogens is 278 g/mol. The summed E-state index contributed by atoms with van der Waals surface area (Å²) in [5.41, 5.74) is 1.52. The lowest BCUT2D eigenvalue weighted by atomic mass is 10.1. The first-order valence-corrected chi connectivity index (χ1v) is 10.3. The third-order valence-corrected chi connectivity index (χ3v) is 4.76. The summed E-state index contributed by atoms with van der Waals surface area (Å²) >= 11 is 0. The summed E-state index contributed by atoms with van der Waals surface area (Å²) in [6, 6.07) is 4.53. The molecule has 0 aromatic carbocycles. The zero-order valence-corrected chi connectivity index (χ0v) is 15.9. The number of rotatable bonds is 15. The SMILES string of the molecule is CCCCCCCCCc1ccc[n+](CCCCCCCC)c1. The molecule has 1 nitrogen and oxygen atoms in total. The van der Waals surface area contributed by atoms with Crippen molar-refractivity contribution < 1.29 is 4.57 Å². The quantitative estimate of drug-likeness (QED) is 0.252. The molecule has 0 amide bonds. The lowest BCUT2D eigenvalue weighted by Crippen LogP contribution is -2.33.